The van der Waals surface area contributed by atoms with Gasteiger partial charge in [-0.1, -0.05) is 47.1 Å². The third-order valence-electron chi connectivity index (χ3n) is 5.48. The molecule has 0 unspecified atom stereocenters. The first-order valence-corrected chi connectivity index (χ1v) is 9.33. The number of benzene rings is 2. The molecule has 2 aliphatic rings. The van der Waals surface area contributed by atoms with E-state index in [1.807, 2.05) is 0 Å². The van der Waals surface area contributed by atoms with Crippen molar-refractivity contribution in [3.63, 3.8) is 0 Å². The molecule has 0 saturated carbocycles. The maximum Gasteiger partial charge on any atom is 0.246 e. The summed E-state index contributed by atoms with van der Waals surface area (Å²) in [6.07, 6.45) is 4.90. The smallest absolute Gasteiger partial charge is 0.246 e. The number of hydrogen-bond acceptors (Lipinski definition) is 2. The highest BCUT2D eigenvalue weighted by atomic mass is 15.4. The molecule has 4 rings (SSSR count). The molecule has 0 bridgehead atoms. The zero-order chi connectivity index (χ0) is 17.1. The van der Waals surface area contributed by atoms with Crippen molar-refractivity contribution in [1.82, 2.24) is 4.90 Å². The lowest BCUT2D eigenvalue weighted by Crippen LogP contribution is -2.33. The normalized spacial score (nSPS) is 18.2. The van der Waals surface area contributed by atoms with Gasteiger partial charge in [-0.3, -0.25) is 4.90 Å². The molecule has 0 amide bonds. The third-order valence-corrected chi connectivity index (χ3v) is 5.48. The Bertz CT molecular complexity index is 771. The van der Waals surface area contributed by atoms with Gasteiger partial charge in [-0.05, 0) is 56.3 Å². The molecule has 3 nitrogen and oxygen atoms in total. The Hall–Kier alpha value is -2.26. The van der Waals surface area contributed by atoms with Crippen LogP contribution in [0.3, 0.4) is 0 Å². The lowest BCUT2D eigenvalue weighted by atomic mass is 9.90. The minimum absolute atomic E-state index is 0.820. The van der Waals surface area contributed by atoms with Gasteiger partial charge in [-0.25, -0.2) is 0 Å². The first kappa shape index (κ1) is 16.2. The summed E-state index contributed by atoms with van der Waals surface area (Å²) < 4.78 is 1.77. The zero-order valence-electron chi connectivity index (χ0n) is 14.8. The Labute approximate surface area is 150 Å². The van der Waals surface area contributed by atoms with Crippen molar-refractivity contribution in [2.45, 2.75) is 32.2 Å². The fourth-order valence-electron chi connectivity index (χ4n) is 4.00. The van der Waals surface area contributed by atoms with Crippen LogP contribution >= 0.6 is 0 Å². The van der Waals surface area contributed by atoms with Crippen molar-refractivity contribution in [2.24, 2.45) is 11.0 Å². The molecule has 2 aromatic carbocycles. The van der Waals surface area contributed by atoms with Crippen LogP contribution in [-0.4, -0.2) is 35.1 Å². The fraction of sp³-hybridized carbons (Fsp3) is 0.364. The minimum atomic E-state index is 0.820. The Balaban J connectivity index is 1.27. The Morgan fingerprint density at radius 1 is 1.00 bits per heavy atom. The van der Waals surface area contributed by atoms with Gasteiger partial charge in [-0.2, -0.15) is 0 Å². The van der Waals surface area contributed by atoms with Gasteiger partial charge >= 0.3 is 0 Å². The topological polar surface area (TPSA) is 18.6 Å². The zero-order valence-corrected chi connectivity index (χ0v) is 14.8. The van der Waals surface area contributed by atoms with E-state index in [4.69, 9.17) is 0 Å². The average Bonchev–Trinajstić information content (AvgIpc) is 2.98. The second-order valence-corrected chi connectivity index (χ2v) is 7.21. The molecular weight excluding hydrogens is 306 g/mol. The van der Waals surface area contributed by atoms with E-state index in [1.165, 1.54) is 49.2 Å². The molecule has 2 aliphatic heterocycles. The van der Waals surface area contributed by atoms with Crippen molar-refractivity contribution < 1.29 is 4.68 Å². The lowest BCUT2D eigenvalue weighted by molar-refractivity contribution is -0.431. The minimum Gasteiger partial charge on any atom is -0.299 e. The van der Waals surface area contributed by atoms with Gasteiger partial charge in [0.05, 0.1) is 5.56 Å². The van der Waals surface area contributed by atoms with Crippen molar-refractivity contribution in [1.29, 1.82) is 0 Å². The fourth-order valence-corrected chi connectivity index (χ4v) is 4.00. The molecule has 2 heterocycles. The predicted octanol–water partition coefficient (Wildman–Crippen LogP) is 4.44. The Kier molecular flexibility index (Phi) is 4.75. The van der Waals surface area contributed by atoms with E-state index in [1.54, 1.807) is 4.68 Å². The number of likely N-dealkylation sites (tertiary alicyclic amines) is 1. The monoisotopic (exact) mass is 332 g/mol. The predicted molar refractivity (Wildman–Crippen MR) is 104 cm³/mol. The largest absolute Gasteiger partial charge is 0.299 e. The maximum atomic E-state index is 4.64. The van der Waals surface area contributed by atoms with Gasteiger partial charge in [-0.15, -0.1) is 0 Å². The summed E-state index contributed by atoms with van der Waals surface area (Å²) in [5.41, 5.74) is 5.03. The molecule has 3 heteroatoms. The second kappa shape index (κ2) is 7.32. The van der Waals surface area contributed by atoms with Crippen LogP contribution in [0.5, 0.6) is 0 Å². The Morgan fingerprint density at radius 3 is 2.52 bits per heavy atom. The molecule has 0 N–H and O–H groups in total. The number of piperidine rings is 1. The van der Waals surface area contributed by atoms with Crippen LogP contribution < -0.4 is 0 Å². The van der Waals surface area contributed by atoms with Crippen LogP contribution in [0.2, 0.25) is 0 Å². The van der Waals surface area contributed by atoms with Gasteiger partial charge in [0, 0.05) is 17.7 Å². The molecule has 0 spiro atoms. The van der Waals surface area contributed by atoms with Gasteiger partial charge in [0.2, 0.25) is 5.69 Å². The average molecular weight is 332 g/mol. The maximum absolute atomic E-state index is 4.64. The van der Waals surface area contributed by atoms with Crippen LogP contribution in [0, 0.1) is 5.92 Å². The first-order valence-electron chi connectivity index (χ1n) is 9.33. The van der Waals surface area contributed by atoms with Crippen molar-refractivity contribution in [3.8, 4) is 0 Å². The lowest BCUT2D eigenvalue weighted by Gasteiger charge is -2.32. The molecule has 128 valence electrons. The number of hydrogen-bond donors (Lipinski definition) is 0. The highest BCUT2D eigenvalue weighted by Crippen LogP contribution is 2.29. The highest BCUT2D eigenvalue weighted by Gasteiger charge is 2.27. The first-order chi connectivity index (χ1) is 12.3. The molecule has 0 aliphatic carbocycles. The van der Waals surface area contributed by atoms with E-state index in [0.717, 1.165) is 24.6 Å². The van der Waals surface area contributed by atoms with Crippen LogP contribution in [0.1, 0.15) is 36.8 Å². The van der Waals surface area contributed by atoms with Crippen LogP contribution in [0.25, 0.3) is 0 Å². The summed E-state index contributed by atoms with van der Waals surface area (Å²) in [4.78, 5) is 2.59. The molecule has 0 atom stereocenters. The van der Waals surface area contributed by atoms with E-state index in [-0.39, 0.29) is 0 Å². The molecule has 1 fully saturated rings. The molecule has 25 heavy (non-hydrogen) atoms. The number of nitrogens with zero attached hydrogens (tertiary/aromatic N) is 3. The highest BCUT2D eigenvalue weighted by molar-refractivity contribution is 6.05. The Morgan fingerprint density at radius 2 is 1.72 bits per heavy atom. The van der Waals surface area contributed by atoms with E-state index in [2.05, 4.69) is 71.3 Å². The van der Waals surface area contributed by atoms with E-state index in [0.29, 0.717) is 0 Å². The summed E-state index contributed by atoms with van der Waals surface area (Å²) in [7, 11) is 0. The summed E-state index contributed by atoms with van der Waals surface area (Å²) in [5.74, 6) is 0.820. The van der Waals surface area contributed by atoms with E-state index >= 15 is 0 Å². The molecule has 2 aromatic rings. The molecule has 1 saturated heterocycles. The van der Waals surface area contributed by atoms with E-state index in [9.17, 15) is 0 Å². The van der Waals surface area contributed by atoms with Crippen molar-refractivity contribution >= 4 is 18.1 Å². The quantitative estimate of drug-likeness (QED) is 0.741. The second-order valence-electron chi connectivity index (χ2n) is 7.21. The van der Waals surface area contributed by atoms with Crippen molar-refractivity contribution in [3.05, 3.63) is 65.7 Å². The van der Waals surface area contributed by atoms with Gasteiger partial charge < -0.3 is 0 Å². The van der Waals surface area contributed by atoms with Gasteiger partial charge in [0.25, 0.3) is 0 Å². The van der Waals surface area contributed by atoms with Crippen LogP contribution in [0.15, 0.2) is 59.7 Å². The van der Waals surface area contributed by atoms with E-state index < -0.39 is 0 Å². The van der Waals surface area contributed by atoms with Crippen LogP contribution in [0.4, 0.5) is 5.69 Å². The number of rotatable bonds is 5. The van der Waals surface area contributed by atoms with Gasteiger partial charge in [0.15, 0.2) is 6.72 Å². The molecule has 0 radical (unpaired) electrons. The summed E-state index contributed by atoms with van der Waals surface area (Å²) in [5, 5.41) is 4.64. The van der Waals surface area contributed by atoms with Gasteiger partial charge in [0.1, 0.15) is 5.71 Å². The van der Waals surface area contributed by atoms with Crippen LogP contribution in [-0.2, 0) is 6.54 Å². The van der Waals surface area contributed by atoms with Crippen molar-refractivity contribution in [2.75, 3.05) is 13.1 Å². The molecular formula is C22H26N3+. The summed E-state index contributed by atoms with van der Waals surface area (Å²) in [6, 6.07) is 19.2. The number of para-hydroxylation sites is 1. The SMILES string of the molecule is C=[N+]1N=C(CCC2CCN(Cc3ccccc3)CC2)c2ccccc21. The third kappa shape index (κ3) is 3.72. The standard InChI is InChI=1S/C22H26N3/c1-24-22-10-6-5-9-20(22)21(23-24)12-11-18-13-15-25(16-14-18)17-19-7-3-2-4-8-19/h2-10,18H,1,11-17H2/q+1. The summed E-state index contributed by atoms with van der Waals surface area (Å²) >= 11 is 0. The number of fused-ring (bicyclic) bond motifs is 1. The number of hydrazone groups is 1. The summed E-state index contributed by atoms with van der Waals surface area (Å²) in [6.45, 7) is 7.52. The molecule has 0 aromatic heterocycles.